The number of likely N-dealkylation sites (N-methyl/N-ethyl adjacent to an activating group) is 2. The first-order valence-corrected chi connectivity index (χ1v) is 23.7. The second-order valence-electron chi connectivity index (χ2n) is 16.6. The lowest BCUT2D eigenvalue weighted by Gasteiger charge is -2.35. The molecule has 0 aliphatic carbocycles. The van der Waals surface area contributed by atoms with Crippen LogP contribution in [0, 0.1) is 24.4 Å². The number of piperazine rings is 1. The third kappa shape index (κ3) is 15.0. The molecule has 0 radical (unpaired) electrons. The molecular formula is C48H63F5N12O6. The van der Waals surface area contributed by atoms with Crippen LogP contribution in [0.15, 0.2) is 54.6 Å². The molecule has 386 valence electrons. The number of benzene rings is 3. The number of fused-ring (bicyclic) bond motifs is 1. The number of halogens is 5. The number of carbonyl (C=O) groups excluding carboxylic acids is 2. The van der Waals surface area contributed by atoms with E-state index in [1.165, 1.54) is 16.7 Å². The average molecular weight is 999 g/mol. The Hall–Kier alpha value is -6.11. The molecular weight excluding hydrogens is 936 g/mol. The van der Waals surface area contributed by atoms with Crippen molar-refractivity contribution in [2.45, 2.75) is 33.6 Å². The quantitative estimate of drug-likeness (QED) is 0.0459. The van der Waals surface area contributed by atoms with Crippen molar-refractivity contribution in [3.8, 4) is 5.95 Å². The third-order valence-corrected chi connectivity index (χ3v) is 11.6. The van der Waals surface area contributed by atoms with Crippen LogP contribution >= 0.6 is 0 Å². The van der Waals surface area contributed by atoms with Crippen molar-refractivity contribution in [1.82, 2.24) is 44.7 Å². The predicted molar refractivity (Wildman–Crippen MR) is 258 cm³/mol. The minimum atomic E-state index is -2.86. The lowest BCUT2D eigenvalue weighted by Crippen LogP contribution is -2.49. The smallest absolute Gasteiger partial charge is 0.296 e. The second kappa shape index (κ2) is 26.9. The molecule has 0 spiro atoms. The molecule has 2 N–H and O–H groups in total. The zero-order valence-electron chi connectivity index (χ0n) is 40.8. The minimum Gasteiger partial charge on any atom is -0.380 e. The van der Waals surface area contributed by atoms with Crippen molar-refractivity contribution < 1.29 is 50.6 Å². The molecule has 4 heterocycles. The van der Waals surface area contributed by atoms with E-state index in [4.69, 9.17) is 24.0 Å². The number of morpholine rings is 1. The van der Waals surface area contributed by atoms with E-state index in [2.05, 4.69) is 35.5 Å². The van der Waals surface area contributed by atoms with Gasteiger partial charge in [-0.1, -0.05) is 32.0 Å². The first-order chi connectivity index (χ1) is 34.4. The fraction of sp³-hybridized carbons (Fsp3) is 0.500. The number of nitrogens with one attached hydrogen (secondary N) is 2. The van der Waals surface area contributed by atoms with Gasteiger partial charge >= 0.3 is 0 Å². The van der Waals surface area contributed by atoms with E-state index in [-0.39, 0.29) is 49.3 Å². The van der Waals surface area contributed by atoms with Gasteiger partial charge in [0.05, 0.1) is 80.6 Å². The van der Waals surface area contributed by atoms with Crippen molar-refractivity contribution in [2.75, 3.05) is 141 Å². The molecule has 2 saturated heterocycles. The minimum absolute atomic E-state index is 0.0135. The van der Waals surface area contributed by atoms with E-state index in [0.29, 0.717) is 107 Å². The van der Waals surface area contributed by atoms with Gasteiger partial charge in [0, 0.05) is 65.4 Å². The van der Waals surface area contributed by atoms with Gasteiger partial charge in [0.2, 0.25) is 23.8 Å². The summed E-state index contributed by atoms with van der Waals surface area (Å²) in [5, 5.41) is 2.48. The van der Waals surface area contributed by atoms with Crippen molar-refractivity contribution in [3.05, 3.63) is 89.0 Å². The zero-order valence-corrected chi connectivity index (χ0v) is 40.8. The predicted octanol–water partition coefficient (Wildman–Crippen LogP) is 5.78. The number of aryl methyl sites for hydroxylation is 1. The lowest BCUT2D eigenvalue weighted by molar-refractivity contribution is -0.132. The molecule has 5 aromatic rings. The number of aromatic nitrogens is 5. The van der Waals surface area contributed by atoms with Crippen LogP contribution in [0.1, 0.15) is 48.4 Å². The second-order valence-corrected chi connectivity index (χ2v) is 16.6. The van der Waals surface area contributed by atoms with Crippen molar-refractivity contribution in [3.63, 3.8) is 0 Å². The molecule has 71 heavy (non-hydrogen) atoms. The maximum Gasteiger partial charge on any atom is 0.296 e. The number of hydroxylamine groups is 1. The van der Waals surface area contributed by atoms with E-state index in [9.17, 15) is 31.5 Å². The molecule has 3 aromatic carbocycles. The highest BCUT2D eigenvalue weighted by Crippen LogP contribution is 2.30. The van der Waals surface area contributed by atoms with Crippen LogP contribution in [-0.2, 0) is 23.8 Å². The molecule has 0 unspecified atom stereocenters. The zero-order chi connectivity index (χ0) is 50.9. The van der Waals surface area contributed by atoms with E-state index >= 15 is 0 Å². The van der Waals surface area contributed by atoms with Gasteiger partial charge in [-0.05, 0) is 63.0 Å². The fourth-order valence-corrected chi connectivity index (χ4v) is 7.56. The Kier molecular flexibility index (Phi) is 20.6. The number of anilines is 4. The van der Waals surface area contributed by atoms with E-state index in [1.807, 2.05) is 37.7 Å². The number of ether oxygens (including phenoxy) is 3. The first-order valence-electron chi connectivity index (χ1n) is 23.7. The summed E-state index contributed by atoms with van der Waals surface area (Å²) in [6, 6.07) is 12.9. The van der Waals surface area contributed by atoms with E-state index in [1.54, 1.807) is 42.2 Å². The Morgan fingerprint density at radius 1 is 0.732 bits per heavy atom. The van der Waals surface area contributed by atoms with Crippen LogP contribution in [0.25, 0.3) is 17.0 Å². The topological polar surface area (TPSA) is 168 Å². The highest BCUT2D eigenvalue weighted by molar-refractivity contribution is 6.00. The molecule has 2 aliphatic rings. The van der Waals surface area contributed by atoms with Gasteiger partial charge in [-0.15, -0.1) is 0 Å². The Morgan fingerprint density at radius 2 is 1.37 bits per heavy atom. The summed E-state index contributed by atoms with van der Waals surface area (Å²) in [7, 11) is 3.95. The number of carbonyl (C=O) groups is 2. The van der Waals surface area contributed by atoms with Crippen molar-refractivity contribution in [1.29, 1.82) is 0 Å². The molecule has 0 atom stereocenters. The first kappa shape index (κ1) is 54.2. The number of rotatable bonds is 23. The lowest BCUT2D eigenvalue weighted by atomic mass is 10.1. The van der Waals surface area contributed by atoms with E-state index < -0.39 is 41.3 Å². The molecule has 18 nitrogen and oxygen atoms in total. The van der Waals surface area contributed by atoms with Crippen LogP contribution in [0.4, 0.5) is 45.2 Å². The summed E-state index contributed by atoms with van der Waals surface area (Å²) >= 11 is 0. The number of nitrogens with zero attached hydrogens (tertiary/aromatic N) is 10. The van der Waals surface area contributed by atoms with Crippen LogP contribution < -0.4 is 20.6 Å². The summed E-state index contributed by atoms with van der Waals surface area (Å²) in [5.41, 5.74) is 2.75. The van der Waals surface area contributed by atoms with Crippen LogP contribution in [0.3, 0.4) is 0 Å². The highest BCUT2D eigenvalue weighted by Gasteiger charge is 2.28. The highest BCUT2D eigenvalue weighted by atomic mass is 19.3. The van der Waals surface area contributed by atoms with Crippen molar-refractivity contribution in [2.24, 2.45) is 0 Å². The molecule has 23 heteroatoms. The summed E-state index contributed by atoms with van der Waals surface area (Å²) in [4.78, 5) is 59.2. The molecule has 0 bridgehead atoms. The molecule has 2 fully saturated rings. The summed E-state index contributed by atoms with van der Waals surface area (Å²) in [6.07, 6.45) is -2.63. The molecule has 7 rings (SSSR count). The van der Waals surface area contributed by atoms with E-state index in [0.717, 1.165) is 25.2 Å². The van der Waals surface area contributed by atoms with Crippen molar-refractivity contribution >= 4 is 46.1 Å². The van der Waals surface area contributed by atoms with Gasteiger partial charge in [0.1, 0.15) is 5.82 Å². The van der Waals surface area contributed by atoms with Gasteiger partial charge in [0.15, 0.2) is 17.5 Å². The summed E-state index contributed by atoms with van der Waals surface area (Å²) in [6.45, 7) is 13.5. The number of para-hydroxylation sites is 2. The summed E-state index contributed by atoms with van der Waals surface area (Å²) < 4.78 is 90.0. The normalized spacial score (nSPS) is 14.1. The SMILES string of the molecule is CC.Cc1ccc(Nc2c(C(=O)NOCCOCCN(C)CCN(C)CCOCCC(=O)N3CCN(c4nc(N5CCOCC5)nc(-n5c(C(F)F)nc6ccccc65)n4)CC3)ccc(F)c2F)c(F)c1. The van der Waals surface area contributed by atoms with Crippen LogP contribution in [0.2, 0.25) is 0 Å². The molecule has 2 aromatic heterocycles. The third-order valence-electron chi connectivity index (χ3n) is 11.6. The van der Waals surface area contributed by atoms with Gasteiger partial charge < -0.3 is 44.0 Å². The van der Waals surface area contributed by atoms with Crippen LogP contribution in [-0.4, -0.2) is 177 Å². The Morgan fingerprint density at radius 3 is 2.03 bits per heavy atom. The average Bonchev–Trinajstić information content (AvgIpc) is 3.78. The Bertz CT molecular complexity index is 2510. The Labute approximate surface area is 410 Å². The number of imidazole rings is 1. The largest absolute Gasteiger partial charge is 0.380 e. The van der Waals surface area contributed by atoms with Crippen LogP contribution in [0.5, 0.6) is 0 Å². The van der Waals surface area contributed by atoms with Gasteiger partial charge in [-0.2, -0.15) is 15.0 Å². The Balaban J connectivity index is 0.00000407. The summed E-state index contributed by atoms with van der Waals surface area (Å²) in [5.74, 6) is -3.84. The van der Waals surface area contributed by atoms with Gasteiger partial charge in [0.25, 0.3) is 12.3 Å². The molecule has 2 aliphatic heterocycles. The number of hydrogen-bond donors (Lipinski definition) is 2. The number of alkyl halides is 2. The van der Waals surface area contributed by atoms with Gasteiger partial charge in [-0.25, -0.2) is 32.4 Å². The fourth-order valence-electron chi connectivity index (χ4n) is 7.56. The maximum atomic E-state index is 14.7. The number of amides is 2. The maximum absolute atomic E-state index is 14.7. The van der Waals surface area contributed by atoms with Gasteiger partial charge in [-0.3, -0.25) is 19.0 Å². The monoisotopic (exact) mass is 998 g/mol. The standard InChI is InChI=1S/C46H57F5N12O6.C2H6/c1-31-8-11-35(34(48)30-31)52-40-32(9-10-33(47)39(40)49)43(65)57-69-29-28-68-25-20-59(3)14-13-58(2)19-24-66-23-12-38(64)60-15-17-61(18-16-60)44-54-45(62-21-26-67-27-22-62)56-46(55-44)63-37-7-5-4-6-36(37)53-42(63)41(50)51;1-2/h4-11,30,41,52H,12-29H2,1-3H3,(H,57,65);1-2H3. The number of hydrogen-bond acceptors (Lipinski definition) is 15. The molecule has 2 amide bonds. The molecule has 0 saturated carbocycles.